The van der Waals surface area contributed by atoms with Crippen LogP contribution in [0.1, 0.15) is 6.92 Å². The fraction of sp³-hybridized carbons (Fsp3) is 0.833. The summed E-state index contributed by atoms with van der Waals surface area (Å²) in [6, 6.07) is 0. The molecular weight excluding hydrogens is 86.1 g/mol. The lowest BCUT2D eigenvalue weighted by atomic mass is 10.0. The Morgan fingerprint density at radius 1 is 1.57 bits per heavy atom. The van der Waals surface area contributed by atoms with E-state index in [2.05, 4.69) is 19.2 Å². The second-order valence-electron chi connectivity index (χ2n) is 2.50. The summed E-state index contributed by atoms with van der Waals surface area (Å²) in [4.78, 5) is 0. The van der Waals surface area contributed by atoms with E-state index in [4.69, 9.17) is 0 Å². The molecule has 1 heteroatoms. The van der Waals surface area contributed by atoms with Crippen LogP contribution in [0.15, 0.2) is 0 Å². The predicted molar refractivity (Wildman–Crippen MR) is 29.7 cm³/mol. The maximum Gasteiger partial charge on any atom is 0.0788 e. The summed E-state index contributed by atoms with van der Waals surface area (Å²) in [5, 5.41) is 2.34. The van der Waals surface area contributed by atoms with E-state index < -0.39 is 0 Å². The molecule has 0 amide bonds. The second kappa shape index (κ2) is 1.83. The molecule has 1 aliphatic rings. The van der Waals surface area contributed by atoms with Gasteiger partial charge in [-0.25, -0.2) is 0 Å². The second-order valence-corrected chi connectivity index (χ2v) is 2.50. The summed E-state index contributed by atoms with van der Waals surface area (Å²) in [6.45, 7) is 8.78. The largest absolute Gasteiger partial charge is 0.346 e. The maximum atomic E-state index is 3.99. The van der Waals surface area contributed by atoms with Gasteiger partial charge in [-0.2, -0.15) is 0 Å². The van der Waals surface area contributed by atoms with Crippen LogP contribution in [0.3, 0.4) is 0 Å². The van der Waals surface area contributed by atoms with Gasteiger partial charge in [-0.05, 0) is 6.92 Å². The molecule has 1 radical (unpaired) electrons. The first-order chi connectivity index (χ1) is 3.30. The Labute approximate surface area is 45.1 Å². The van der Waals surface area contributed by atoms with Crippen molar-refractivity contribution in [3.63, 3.8) is 0 Å². The normalized spacial score (nSPS) is 42.0. The first-order valence-electron chi connectivity index (χ1n) is 2.95. The van der Waals surface area contributed by atoms with Gasteiger partial charge in [0, 0.05) is 11.8 Å². The van der Waals surface area contributed by atoms with E-state index in [1.54, 1.807) is 0 Å². The zero-order valence-electron chi connectivity index (χ0n) is 4.85. The number of hydrogen-bond donors (Lipinski definition) is 1. The number of nitrogens with two attached hydrogens (primary N) is 1. The van der Waals surface area contributed by atoms with Crippen molar-refractivity contribution in [2.24, 2.45) is 11.8 Å². The van der Waals surface area contributed by atoms with E-state index in [0.717, 1.165) is 5.92 Å². The standard InChI is InChI=1S/C6H12N/c1-5-3-7-4-6(5)2/h5-7H,1,3-4H2,2H3/p+1. The molecule has 2 atom stereocenters. The molecule has 0 aromatic heterocycles. The van der Waals surface area contributed by atoms with Gasteiger partial charge in [0.15, 0.2) is 0 Å². The molecule has 2 N–H and O–H groups in total. The van der Waals surface area contributed by atoms with Gasteiger partial charge in [0.05, 0.1) is 13.1 Å². The molecule has 1 heterocycles. The third-order valence-electron chi connectivity index (χ3n) is 1.81. The van der Waals surface area contributed by atoms with Crippen molar-refractivity contribution in [3.05, 3.63) is 6.92 Å². The molecule has 0 aliphatic carbocycles. The molecule has 1 aliphatic heterocycles. The minimum Gasteiger partial charge on any atom is -0.346 e. The van der Waals surface area contributed by atoms with E-state index in [1.807, 2.05) is 0 Å². The summed E-state index contributed by atoms with van der Waals surface area (Å²) in [5.74, 6) is 1.56. The molecule has 1 saturated heterocycles. The molecule has 1 fully saturated rings. The van der Waals surface area contributed by atoms with Gasteiger partial charge < -0.3 is 5.32 Å². The lowest BCUT2D eigenvalue weighted by molar-refractivity contribution is -0.639. The highest BCUT2D eigenvalue weighted by Gasteiger charge is 2.21. The molecule has 0 aromatic carbocycles. The highest BCUT2D eigenvalue weighted by molar-refractivity contribution is 4.69. The number of hydrogen-bond acceptors (Lipinski definition) is 0. The highest BCUT2D eigenvalue weighted by Crippen LogP contribution is 2.08. The van der Waals surface area contributed by atoms with Crippen LogP contribution in [-0.4, -0.2) is 13.1 Å². The Hall–Kier alpha value is -0.0400. The van der Waals surface area contributed by atoms with Crippen molar-refractivity contribution in [1.29, 1.82) is 0 Å². The Bertz CT molecular complexity index is 53.2. The van der Waals surface area contributed by atoms with Crippen LogP contribution in [0.25, 0.3) is 0 Å². The van der Waals surface area contributed by atoms with Crippen LogP contribution >= 0.6 is 0 Å². The topological polar surface area (TPSA) is 16.6 Å². The first kappa shape index (κ1) is 5.10. The highest BCUT2D eigenvalue weighted by atomic mass is 14.9. The third kappa shape index (κ3) is 0.942. The zero-order valence-corrected chi connectivity index (χ0v) is 4.85. The minimum absolute atomic E-state index is 0.708. The Morgan fingerprint density at radius 2 is 2.29 bits per heavy atom. The van der Waals surface area contributed by atoms with E-state index >= 15 is 0 Å². The predicted octanol–water partition coefficient (Wildman–Crippen LogP) is -0.350. The summed E-state index contributed by atoms with van der Waals surface area (Å²) in [7, 11) is 0. The molecule has 0 saturated carbocycles. The fourth-order valence-electron chi connectivity index (χ4n) is 0.998. The Kier molecular flexibility index (Phi) is 1.33. The Balaban J connectivity index is 2.33. The van der Waals surface area contributed by atoms with Gasteiger partial charge in [0.1, 0.15) is 0 Å². The molecule has 0 aromatic rings. The molecule has 2 unspecified atom stereocenters. The van der Waals surface area contributed by atoms with Crippen molar-refractivity contribution >= 4 is 0 Å². The van der Waals surface area contributed by atoms with Crippen molar-refractivity contribution in [2.75, 3.05) is 13.1 Å². The number of rotatable bonds is 0. The van der Waals surface area contributed by atoms with E-state index in [0.29, 0.717) is 5.92 Å². The SMILES string of the molecule is [CH2]C1C[NH2+]CC1C. The molecule has 0 bridgehead atoms. The van der Waals surface area contributed by atoms with Gasteiger partial charge in [-0.15, -0.1) is 0 Å². The van der Waals surface area contributed by atoms with E-state index in [1.165, 1.54) is 13.1 Å². The van der Waals surface area contributed by atoms with Crippen LogP contribution in [0.5, 0.6) is 0 Å². The first-order valence-corrected chi connectivity index (χ1v) is 2.95. The Morgan fingerprint density at radius 3 is 2.43 bits per heavy atom. The average Bonchev–Trinajstić information content (AvgIpc) is 1.91. The molecule has 7 heavy (non-hydrogen) atoms. The van der Waals surface area contributed by atoms with Gasteiger partial charge in [0.25, 0.3) is 0 Å². The molecule has 1 nitrogen and oxygen atoms in total. The van der Waals surface area contributed by atoms with Gasteiger partial charge in [-0.1, -0.05) is 6.92 Å². The van der Waals surface area contributed by atoms with Gasteiger partial charge in [-0.3, -0.25) is 0 Å². The summed E-state index contributed by atoms with van der Waals surface area (Å²) >= 11 is 0. The smallest absolute Gasteiger partial charge is 0.0788 e. The average molecular weight is 99.2 g/mol. The van der Waals surface area contributed by atoms with Crippen molar-refractivity contribution in [1.82, 2.24) is 0 Å². The maximum absolute atomic E-state index is 3.99. The molecule has 41 valence electrons. The lowest BCUT2D eigenvalue weighted by Crippen LogP contribution is -2.81. The van der Waals surface area contributed by atoms with Crippen LogP contribution < -0.4 is 5.32 Å². The molecule has 0 spiro atoms. The van der Waals surface area contributed by atoms with Crippen LogP contribution in [0, 0.1) is 18.8 Å². The fourth-order valence-corrected chi connectivity index (χ4v) is 0.998. The number of quaternary nitrogens is 1. The van der Waals surface area contributed by atoms with Gasteiger partial charge >= 0.3 is 0 Å². The zero-order chi connectivity index (χ0) is 5.28. The van der Waals surface area contributed by atoms with Crippen molar-refractivity contribution in [3.8, 4) is 0 Å². The van der Waals surface area contributed by atoms with Crippen LogP contribution in [-0.2, 0) is 0 Å². The van der Waals surface area contributed by atoms with Crippen LogP contribution in [0.4, 0.5) is 0 Å². The quantitative estimate of drug-likeness (QED) is 0.427. The van der Waals surface area contributed by atoms with E-state index in [-0.39, 0.29) is 0 Å². The summed E-state index contributed by atoms with van der Waals surface area (Å²) in [5.41, 5.74) is 0. The molecular formula is C6H13N+. The van der Waals surface area contributed by atoms with Crippen LogP contribution in [0.2, 0.25) is 0 Å². The monoisotopic (exact) mass is 99.1 g/mol. The lowest BCUT2D eigenvalue weighted by Gasteiger charge is -1.99. The third-order valence-corrected chi connectivity index (χ3v) is 1.81. The molecule has 1 rings (SSSR count). The van der Waals surface area contributed by atoms with Gasteiger partial charge in [0.2, 0.25) is 0 Å². The summed E-state index contributed by atoms with van der Waals surface area (Å²) in [6.07, 6.45) is 0. The minimum atomic E-state index is 0.708. The van der Waals surface area contributed by atoms with Crippen molar-refractivity contribution in [2.45, 2.75) is 6.92 Å². The van der Waals surface area contributed by atoms with E-state index in [9.17, 15) is 0 Å². The van der Waals surface area contributed by atoms with Crippen molar-refractivity contribution < 1.29 is 5.32 Å². The summed E-state index contributed by atoms with van der Waals surface area (Å²) < 4.78 is 0.